The minimum absolute atomic E-state index is 0.232. The minimum atomic E-state index is -0.831. The van der Waals surface area contributed by atoms with E-state index in [9.17, 15) is 9.59 Å². The first-order chi connectivity index (χ1) is 10.5. The first-order valence-electron chi connectivity index (χ1n) is 7.23. The Balaban J connectivity index is 1.91. The van der Waals surface area contributed by atoms with E-state index < -0.39 is 11.6 Å². The Labute approximate surface area is 133 Å². The van der Waals surface area contributed by atoms with E-state index in [1.54, 1.807) is 12.3 Å². The molecule has 22 heavy (non-hydrogen) atoms. The van der Waals surface area contributed by atoms with E-state index in [0.717, 1.165) is 21.9 Å². The zero-order chi connectivity index (χ0) is 15.7. The maximum atomic E-state index is 12.6. The Morgan fingerprint density at radius 3 is 2.68 bits per heavy atom. The number of nitrogens with zero attached hydrogens (tertiary/aromatic N) is 2. The van der Waals surface area contributed by atoms with Crippen LogP contribution in [0.4, 0.5) is 10.6 Å². The highest BCUT2D eigenvalue weighted by molar-refractivity contribution is 7.13. The van der Waals surface area contributed by atoms with Crippen molar-refractivity contribution in [3.63, 3.8) is 0 Å². The Hall–Kier alpha value is -2.21. The zero-order valence-electron chi connectivity index (χ0n) is 12.5. The summed E-state index contributed by atoms with van der Waals surface area (Å²) in [5.41, 5.74) is 0.143. The van der Waals surface area contributed by atoms with E-state index in [1.165, 1.54) is 11.3 Å². The molecule has 1 fully saturated rings. The third kappa shape index (κ3) is 2.39. The molecule has 1 N–H and O–H groups in total. The third-order valence-electron chi connectivity index (χ3n) is 3.75. The Bertz CT molecular complexity index is 713. The van der Waals surface area contributed by atoms with Crippen molar-refractivity contribution in [3.05, 3.63) is 35.7 Å². The smallest absolute Gasteiger partial charge is 0.323 e. The number of anilines is 1. The Morgan fingerprint density at radius 1 is 1.27 bits per heavy atom. The fraction of sp³-hybridized carbons (Fsp3) is 0.312. The normalized spacial score (nSPS) is 21.3. The van der Waals surface area contributed by atoms with Crippen LogP contribution in [0.15, 0.2) is 35.7 Å². The van der Waals surface area contributed by atoms with E-state index in [1.807, 2.05) is 37.3 Å². The molecule has 1 aromatic heterocycles. The summed E-state index contributed by atoms with van der Waals surface area (Å²) in [6.07, 6.45) is 1.44. The number of aromatic nitrogens is 1. The number of benzene rings is 1. The molecule has 1 atom stereocenters. The summed E-state index contributed by atoms with van der Waals surface area (Å²) in [6.45, 7) is 3.75. The molecule has 0 saturated carbocycles. The van der Waals surface area contributed by atoms with Crippen LogP contribution in [-0.2, 0) is 4.79 Å². The highest BCUT2D eigenvalue weighted by Crippen LogP contribution is 2.32. The summed E-state index contributed by atoms with van der Waals surface area (Å²) in [5, 5.41) is 5.32. The fourth-order valence-electron chi connectivity index (χ4n) is 2.64. The molecule has 0 spiro atoms. The number of hydrogen-bond donors (Lipinski definition) is 1. The monoisotopic (exact) mass is 315 g/mol. The van der Waals surface area contributed by atoms with Crippen molar-refractivity contribution in [1.82, 2.24) is 10.3 Å². The van der Waals surface area contributed by atoms with Gasteiger partial charge in [-0.1, -0.05) is 43.7 Å². The molecule has 5 nitrogen and oxygen atoms in total. The summed E-state index contributed by atoms with van der Waals surface area (Å²) in [5.74, 6) is 0.162. The van der Waals surface area contributed by atoms with E-state index in [0.29, 0.717) is 12.2 Å². The van der Waals surface area contributed by atoms with Crippen molar-refractivity contribution in [2.45, 2.75) is 32.2 Å². The number of amides is 3. The quantitative estimate of drug-likeness (QED) is 0.879. The lowest BCUT2D eigenvalue weighted by Crippen LogP contribution is -2.43. The van der Waals surface area contributed by atoms with Gasteiger partial charge in [-0.2, -0.15) is 0 Å². The van der Waals surface area contributed by atoms with Gasteiger partial charge in [0.25, 0.3) is 5.91 Å². The number of urea groups is 1. The molecule has 2 aromatic rings. The number of hydrogen-bond acceptors (Lipinski definition) is 4. The number of rotatable bonds is 4. The number of carbonyl (C=O) groups excluding carboxylic acids is 2. The predicted molar refractivity (Wildman–Crippen MR) is 86.9 cm³/mol. The third-order valence-corrected chi connectivity index (χ3v) is 4.63. The van der Waals surface area contributed by atoms with Crippen LogP contribution in [0.25, 0.3) is 10.6 Å². The van der Waals surface area contributed by atoms with Crippen LogP contribution >= 0.6 is 11.3 Å². The largest absolute Gasteiger partial charge is 0.330 e. The van der Waals surface area contributed by atoms with Crippen LogP contribution in [0.1, 0.15) is 26.7 Å². The van der Waals surface area contributed by atoms with E-state index in [-0.39, 0.29) is 5.91 Å². The van der Waals surface area contributed by atoms with Gasteiger partial charge in [-0.3, -0.25) is 4.79 Å². The second kappa shape index (κ2) is 5.53. The average Bonchev–Trinajstić information content (AvgIpc) is 3.05. The molecule has 2 heterocycles. The molecule has 3 rings (SSSR count). The molecule has 3 amide bonds. The molecule has 1 aliphatic heterocycles. The summed E-state index contributed by atoms with van der Waals surface area (Å²) >= 11 is 1.42. The molecule has 114 valence electrons. The SMILES string of the molecule is CCCC1(C)NC(=O)N(c2csc(-c3ccccc3)n2)C1=O. The van der Waals surface area contributed by atoms with Gasteiger partial charge in [-0.25, -0.2) is 14.7 Å². The van der Waals surface area contributed by atoms with Gasteiger partial charge in [0, 0.05) is 10.9 Å². The van der Waals surface area contributed by atoms with Crippen molar-refractivity contribution in [2.75, 3.05) is 4.90 Å². The molecular weight excluding hydrogens is 298 g/mol. The number of thiazole rings is 1. The molecule has 0 radical (unpaired) electrons. The first-order valence-corrected chi connectivity index (χ1v) is 8.11. The lowest BCUT2D eigenvalue weighted by molar-refractivity contribution is -0.121. The van der Waals surface area contributed by atoms with Gasteiger partial charge in [0.05, 0.1) is 0 Å². The van der Waals surface area contributed by atoms with Crippen molar-refractivity contribution >= 4 is 29.1 Å². The summed E-state index contributed by atoms with van der Waals surface area (Å²) < 4.78 is 0. The molecule has 1 aliphatic rings. The Morgan fingerprint density at radius 2 is 2.00 bits per heavy atom. The number of nitrogens with one attached hydrogen (secondary N) is 1. The number of carbonyl (C=O) groups is 2. The van der Waals surface area contributed by atoms with Gasteiger partial charge in [-0.05, 0) is 13.3 Å². The van der Waals surface area contributed by atoms with Gasteiger partial charge in [0.15, 0.2) is 5.82 Å². The van der Waals surface area contributed by atoms with Gasteiger partial charge in [-0.15, -0.1) is 11.3 Å². The second-order valence-electron chi connectivity index (χ2n) is 5.53. The topological polar surface area (TPSA) is 62.3 Å². The van der Waals surface area contributed by atoms with Crippen molar-refractivity contribution < 1.29 is 9.59 Å². The standard InChI is InChI=1S/C16H17N3O2S/c1-3-9-16(2)14(20)19(15(21)18-16)12-10-22-13(17-12)11-7-5-4-6-8-11/h4-8,10H,3,9H2,1-2H3,(H,18,21). The summed E-state index contributed by atoms with van der Waals surface area (Å²) in [4.78, 5) is 30.4. The lowest BCUT2D eigenvalue weighted by atomic mass is 9.96. The average molecular weight is 315 g/mol. The zero-order valence-corrected chi connectivity index (χ0v) is 13.3. The van der Waals surface area contributed by atoms with E-state index in [4.69, 9.17) is 0 Å². The van der Waals surface area contributed by atoms with Crippen molar-refractivity contribution in [1.29, 1.82) is 0 Å². The summed E-state index contributed by atoms with van der Waals surface area (Å²) in [6, 6.07) is 9.31. The predicted octanol–water partition coefficient (Wildman–Crippen LogP) is 3.43. The highest BCUT2D eigenvalue weighted by Gasteiger charge is 2.48. The van der Waals surface area contributed by atoms with E-state index in [2.05, 4.69) is 10.3 Å². The van der Waals surface area contributed by atoms with Gasteiger partial charge in [0.1, 0.15) is 10.5 Å². The maximum absolute atomic E-state index is 12.6. The van der Waals surface area contributed by atoms with Crippen LogP contribution < -0.4 is 10.2 Å². The van der Waals surface area contributed by atoms with Crippen LogP contribution in [0, 0.1) is 0 Å². The van der Waals surface area contributed by atoms with Gasteiger partial charge < -0.3 is 5.32 Å². The highest BCUT2D eigenvalue weighted by atomic mass is 32.1. The maximum Gasteiger partial charge on any atom is 0.330 e. The van der Waals surface area contributed by atoms with Crippen LogP contribution in [0.5, 0.6) is 0 Å². The van der Waals surface area contributed by atoms with Gasteiger partial charge >= 0.3 is 6.03 Å². The second-order valence-corrected chi connectivity index (χ2v) is 6.39. The minimum Gasteiger partial charge on any atom is -0.323 e. The lowest BCUT2D eigenvalue weighted by Gasteiger charge is -2.19. The molecule has 1 saturated heterocycles. The fourth-order valence-corrected chi connectivity index (χ4v) is 3.44. The molecule has 0 aliphatic carbocycles. The Kier molecular flexibility index (Phi) is 3.70. The number of imide groups is 1. The van der Waals surface area contributed by atoms with Crippen molar-refractivity contribution in [3.8, 4) is 10.6 Å². The van der Waals surface area contributed by atoms with Crippen LogP contribution in [-0.4, -0.2) is 22.5 Å². The summed E-state index contributed by atoms with van der Waals surface area (Å²) in [7, 11) is 0. The molecular formula is C16H17N3O2S. The van der Waals surface area contributed by atoms with Crippen molar-refractivity contribution in [2.24, 2.45) is 0 Å². The van der Waals surface area contributed by atoms with E-state index >= 15 is 0 Å². The van der Waals surface area contributed by atoms with Crippen LogP contribution in [0.2, 0.25) is 0 Å². The molecule has 1 aromatic carbocycles. The van der Waals surface area contributed by atoms with Crippen LogP contribution in [0.3, 0.4) is 0 Å². The molecule has 1 unspecified atom stereocenters. The molecule has 0 bridgehead atoms. The molecule has 6 heteroatoms. The van der Waals surface area contributed by atoms with Gasteiger partial charge in [0.2, 0.25) is 0 Å². The first kappa shape index (κ1) is 14.7.